The third-order valence-corrected chi connectivity index (χ3v) is 2.60. The molecule has 1 atom stereocenters. The predicted octanol–water partition coefficient (Wildman–Crippen LogP) is 1.11. The van der Waals surface area contributed by atoms with Gasteiger partial charge in [0.1, 0.15) is 0 Å². The highest BCUT2D eigenvalue weighted by Gasteiger charge is 2.22. The zero-order valence-corrected chi connectivity index (χ0v) is 10.7. The highest BCUT2D eigenvalue weighted by molar-refractivity contribution is 5.11. The van der Waals surface area contributed by atoms with E-state index in [-0.39, 0.29) is 0 Å². The normalized spacial score (nSPS) is 15.1. The fourth-order valence-corrected chi connectivity index (χ4v) is 1.86. The van der Waals surface area contributed by atoms with Crippen LogP contribution in [0.4, 0.5) is 0 Å². The van der Waals surface area contributed by atoms with E-state index in [0.29, 0.717) is 13.0 Å². The minimum Gasteiger partial charge on any atom is -0.388 e. The lowest BCUT2D eigenvalue weighted by Gasteiger charge is -2.23. The number of hydrogen-bond acceptors (Lipinski definition) is 3. The van der Waals surface area contributed by atoms with E-state index in [1.807, 2.05) is 31.5 Å². The zero-order chi connectivity index (χ0) is 12.2. The Morgan fingerprint density at radius 3 is 2.75 bits per heavy atom. The van der Waals surface area contributed by atoms with Gasteiger partial charge < -0.3 is 10.4 Å². The first-order chi connectivity index (χ1) is 7.48. The predicted molar refractivity (Wildman–Crippen MR) is 65.5 cm³/mol. The Hall–Kier alpha value is -0.870. The Labute approximate surface area is 97.7 Å². The van der Waals surface area contributed by atoms with Crippen LogP contribution in [0.25, 0.3) is 0 Å². The number of hydrogen-bond donors (Lipinski definition) is 2. The van der Waals surface area contributed by atoms with Crippen molar-refractivity contribution in [1.29, 1.82) is 0 Å². The Kier molecular flexibility index (Phi) is 4.50. The first kappa shape index (κ1) is 13.2. The molecule has 1 heterocycles. The average molecular weight is 225 g/mol. The van der Waals surface area contributed by atoms with E-state index >= 15 is 0 Å². The Bertz CT molecular complexity index is 331. The molecule has 0 spiro atoms. The molecule has 1 unspecified atom stereocenters. The van der Waals surface area contributed by atoms with Crippen LogP contribution in [0.15, 0.2) is 6.07 Å². The molecule has 1 aromatic heterocycles. The van der Waals surface area contributed by atoms with Gasteiger partial charge >= 0.3 is 0 Å². The van der Waals surface area contributed by atoms with Gasteiger partial charge in [-0.25, -0.2) is 0 Å². The molecule has 0 saturated heterocycles. The van der Waals surface area contributed by atoms with Crippen molar-refractivity contribution in [3.05, 3.63) is 17.5 Å². The van der Waals surface area contributed by atoms with E-state index in [4.69, 9.17) is 0 Å². The summed E-state index contributed by atoms with van der Waals surface area (Å²) >= 11 is 0. The van der Waals surface area contributed by atoms with E-state index in [0.717, 1.165) is 24.5 Å². The number of aryl methyl sites for hydroxylation is 2. The highest BCUT2D eigenvalue weighted by Crippen LogP contribution is 2.13. The summed E-state index contributed by atoms with van der Waals surface area (Å²) in [5.41, 5.74) is 1.40. The second-order valence-electron chi connectivity index (χ2n) is 4.55. The molecular weight excluding hydrogens is 202 g/mol. The quantitative estimate of drug-likeness (QED) is 0.762. The number of nitrogens with one attached hydrogen (secondary N) is 1. The molecule has 0 aliphatic rings. The van der Waals surface area contributed by atoms with E-state index in [1.165, 1.54) is 0 Å². The lowest BCUT2D eigenvalue weighted by Crippen LogP contribution is -2.40. The van der Waals surface area contributed by atoms with Crippen LogP contribution in [-0.2, 0) is 13.0 Å². The van der Waals surface area contributed by atoms with Crippen LogP contribution < -0.4 is 5.32 Å². The van der Waals surface area contributed by atoms with Gasteiger partial charge in [-0.3, -0.25) is 4.68 Å². The lowest BCUT2D eigenvalue weighted by molar-refractivity contribution is 0.0586. The molecule has 0 radical (unpaired) electrons. The van der Waals surface area contributed by atoms with Gasteiger partial charge in [-0.2, -0.15) is 5.10 Å². The molecule has 16 heavy (non-hydrogen) atoms. The number of nitrogens with zero attached hydrogens (tertiary/aromatic N) is 2. The first-order valence-electron chi connectivity index (χ1n) is 5.95. The van der Waals surface area contributed by atoms with E-state index in [2.05, 4.69) is 17.3 Å². The maximum atomic E-state index is 10.2. The molecule has 4 heteroatoms. The highest BCUT2D eigenvalue weighted by atomic mass is 16.3. The summed E-state index contributed by atoms with van der Waals surface area (Å²) in [4.78, 5) is 0. The summed E-state index contributed by atoms with van der Waals surface area (Å²) in [6.45, 7) is 10.3. The van der Waals surface area contributed by atoms with Crippen molar-refractivity contribution in [2.75, 3.05) is 13.1 Å². The van der Waals surface area contributed by atoms with Crippen LogP contribution in [0.2, 0.25) is 0 Å². The second kappa shape index (κ2) is 5.46. The van der Waals surface area contributed by atoms with Gasteiger partial charge in [-0.05, 0) is 33.4 Å². The van der Waals surface area contributed by atoms with Gasteiger partial charge in [0, 0.05) is 25.2 Å². The molecule has 0 amide bonds. The van der Waals surface area contributed by atoms with Gasteiger partial charge in [-0.1, -0.05) is 6.92 Å². The maximum absolute atomic E-state index is 10.2. The number of likely N-dealkylation sites (N-methyl/N-ethyl adjacent to an activating group) is 1. The fraction of sp³-hybridized carbons (Fsp3) is 0.750. The van der Waals surface area contributed by atoms with Crippen molar-refractivity contribution in [1.82, 2.24) is 15.1 Å². The average Bonchev–Trinajstić information content (AvgIpc) is 2.55. The number of rotatable bonds is 6. The van der Waals surface area contributed by atoms with Crippen LogP contribution in [0.3, 0.4) is 0 Å². The van der Waals surface area contributed by atoms with Crippen molar-refractivity contribution in [3.63, 3.8) is 0 Å². The van der Waals surface area contributed by atoms with Crippen molar-refractivity contribution in [2.24, 2.45) is 0 Å². The van der Waals surface area contributed by atoms with E-state index in [1.54, 1.807) is 0 Å². The molecule has 1 aromatic rings. The molecule has 92 valence electrons. The molecule has 0 aromatic carbocycles. The van der Waals surface area contributed by atoms with Crippen LogP contribution >= 0.6 is 0 Å². The van der Waals surface area contributed by atoms with Gasteiger partial charge in [0.05, 0.1) is 11.3 Å². The molecule has 0 aliphatic carbocycles. The van der Waals surface area contributed by atoms with E-state index in [9.17, 15) is 5.11 Å². The van der Waals surface area contributed by atoms with Crippen molar-refractivity contribution in [3.8, 4) is 0 Å². The monoisotopic (exact) mass is 225 g/mol. The third-order valence-electron chi connectivity index (χ3n) is 2.60. The maximum Gasteiger partial charge on any atom is 0.0798 e. The van der Waals surface area contributed by atoms with Gasteiger partial charge in [-0.15, -0.1) is 0 Å². The minimum atomic E-state index is -0.713. The summed E-state index contributed by atoms with van der Waals surface area (Å²) in [6.07, 6.45) is 0.634. The van der Waals surface area contributed by atoms with Gasteiger partial charge in [0.25, 0.3) is 0 Å². The lowest BCUT2D eigenvalue weighted by atomic mass is 10.00. The zero-order valence-electron chi connectivity index (χ0n) is 10.7. The Balaban J connectivity index is 2.70. The van der Waals surface area contributed by atoms with Crippen molar-refractivity contribution in [2.45, 2.75) is 46.3 Å². The molecular formula is C12H23N3O. The fourth-order valence-electron chi connectivity index (χ4n) is 1.86. The van der Waals surface area contributed by atoms with Crippen molar-refractivity contribution < 1.29 is 5.11 Å². The Morgan fingerprint density at radius 2 is 2.19 bits per heavy atom. The van der Waals surface area contributed by atoms with Crippen molar-refractivity contribution >= 4 is 0 Å². The number of aliphatic hydroxyl groups is 1. The molecule has 0 aliphatic heterocycles. The summed E-state index contributed by atoms with van der Waals surface area (Å²) in [5, 5.41) is 17.8. The summed E-state index contributed by atoms with van der Waals surface area (Å²) in [5.74, 6) is 0. The minimum absolute atomic E-state index is 0.609. The molecule has 0 fully saturated rings. The Morgan fingerprint density at radius 1 is 1.50 bits per heavy atom. The summed E-state index contributed by atoms with van der Waals surface area (Å²) in [7, 11) is 0. The SMILES string of the molecule is CCNCC(C)(O)Cc1cc(C)nn1CC. The van der Waals surface area contributed by atoms with Crippen LogP contribution in [0, 0.1) is 6.92 Å². The smallest absolute Gasteiger partial charge is 0.0798 e. The van der Waals surface area contributed by atoms with Crippen LogP contribution in [-0.4, -0.2) is 33.6 Å². The van der Waals surface area contributed by atoms with E-state index < -0.39 is 5.60 Å². The molecule has 2 N–H and O–H groups in total. The van der Waals surface area contributed by atoms with Crippen LogP contribution in [0.5, 0.6) is 0 Å². The number of aromatic nitrogens is 2. The molecule has 1 rings (SSSR count). The first-order valence-corrected chi connectivity index (χ1v) is 5.95. The topological polar surface area (TPSA) is 50.1 Å². The standard InChI is InChI=1S/C12H23N3O/c1-5-13-9-12(4,16)8-11-7-10(3)14-15(11)6-2/h7,13,16H,5-6,8-9H2,1-4H3. The summed E-state index contributed by atoms with van der Waals surface area (Å²) < 4.78 is 1.95. The summed E-state index contributed by atoms with van der Waals surface area (Å²) in [6, 6.07) is 2.05. The second-order valence-corrected chi connectivity index (χ2v) is 4.55. The third kappa shape index (κ3) is 3.61. The largest absolute Gasteiger partial charge is 0.388 e. The molecule has 0 saturated carbocycles. The molecule has 4 nitrogen and oxygen atoms in total. The van der Waals surface area contributed by atoms with Crippen LogP contribution in [0.1, 0.15) is 32.2 Å². The van der Waals surface area contributed by atoms with Gasteiger partial charge in [0.2, 0.25) is 0 Å². The molecule has 0 bridgehead atoms. The van der Waals surface area contributed by atoms with Gasteiger partial charge in [0.15, 0.2) is 0 Å².